The predicted molar refractivity (Wildman–Crippen MR) is 210 cm³/mol. The number of nitrogens with two attached hydrogens (primary N) is 1. The summed E-state index contributed by atoms with van der Waals surface area (Å²) < 4.78 is 7.49. The number of anilines is 1. The lowest BCUT2D eigenvalue weighted by molar-refractivity contribution is -0.138. The lowest BCUT2D eigenvalue weighted by atomic mass is 9.68. The van der Waals surface area contributed by atoms with Gasteiger partial charge in [0.05, 0.1) is 30.5 Å². The molecule has 1 aliphatic rings. The van der Waals surface area contributed by atoms with E-state index >= 15 is 0 Å². The minimum Gasteiger partial charge on any atom is -0.374 e. The van der Waals surface area contributed by atoms with E-state index in [1.54, 1.807) is 24.6 Å². The molecule has 1 saturated heterocycles. The number of Topliss-reactive ketones (excluding diaryl/α,β-unsaturated/α-hetero) is 1. The van der Waals surface area contributed by atoms with Gasteiger partial charge in [-0.1, -0.05) is 97.9 Å². The van der Waals surface area contributed by atoms with Crippen LogP contribution in [-0.2, 0) is 35.9 Å². The highest BCUT2D eigenvalue weighted by Gasteiger charge is 2.43. The average molecular weight is 766 g/mol. The molecule has 11 nitrogen and oxygen atoms in total. The van der Waals surface area contributed by atoms with Crippen LogP contribution in [-0.4, -0.2) is 69.2 Å². The van der Waals surface area contributed by atoms with E-state index in [4.69, 9.17) is 10.5 Å². The molecule has 1 aromatic heterocycles. The van der Waals surface area contributed by atoms with E-state index in [-0.39, 0.29) is 55.5 Å². The van der Waals surface area contributed by atoms with Gasteiger partial charge in [0.1, 0.15) is 17.9 Å². The third kappa shape index (κ3) is 10.8. The van der Waals surface area contributed by atoms with E-state index in [2.05, 4.69) is 15.6 Å². The average Bonchev–Trinajstić information content (AvgIpc) is 3.59. The number of imidazole rings is 1. The molecule has 5 rings (SSSR count). The van der Waals surface area contributed by atoms with E-state index in [9.17, 15) is 19.2 Å². The van der Waals surface area contributed by atoms with E-state index in [1.165, 1.54) is 6.33 Å². The van der Waals surface area contributed by atoms with Gasteiger partial charge in [0.15, 0.2) is 5.82 Å². The summed E-state index contributed by atoms with van der Waals surface area (Å²) in [5, 5.41) is 5.47. The Morgan fingerprint density at radius 2 is 1.49 bits per heavy atom. The molecule has 3 aromatic carbocycles. The zero-order valence-corrected chi connectivity index (χ0v) is 32.0. The quantitative estimate of drug-likeness (QED) is 0.142. The van der Waals surface area contributed by atoms with Crippen molar-refractivity contribution in [1.82, 2.24) is 19.8 Å². The smallest absolute Gasteiger partial charge is 0.250 e. The van der Waals surface area contributed by atoms with Crippen LogP contribution in [0, 0.1) is 0 Å². The molecular formula is C40H50Cl2N6O5. The summed E-state index contributed by atoms with van der Waals surface area (Å²) in [6.45, 7) is 6.11. The highest BCUT2D eigenvalue weighted by Crippen LogP contribution is 2.39. The fourth-order valence-electron chi connectivity index (χ4n) is 6.46. The highest BCUT2D eigenvalue weighted by atomic mass is 35.5. The largest absolute Gasteiger partial charge is 0.374 e. The summed E-state index contributed by atoms with van der Waals surface area (Å²) in [5.74, 6) is -0.771. The Kier molecular flexibility index (Phi) is 15.8. The third-order valence-corrected chi connectivity index (χ3v) is 9.37. The number of ether oxygens (including phenoxy) is 1. The van der Waals surface area contributed by atoms with Crippen molar-refractivity contribution in [3.05, 3.63) is 120 Å². The number of hydrogen-bond donors (Lipinski definition) is 3. The number of carbonyl (C=O) groups excluding carboxylic acids is 4. The number of halogens is 2. The van der Waals surface area contributed by atoms with E-state index in [1.807, 2.05) is 103 Å². The molecule has 284 valence electrons. The first-order valence-electron chi connectivity index (χ1n) is 17.5. The molecule has 13 heteroatoms. The van der Waals surface area contributed by atoms with Crippen LogP contribution < -0.4 is 16.4 Å². The SMILES string of the molecule is CCCC(=O)C1(c2ccccc2)CCN(C(=O)C(c2ccccc2)n2cnc(NC(=O)[C@@H](COCc3ccccc3)NC(=O)C(C)(C)N)c2)CC1.Cl.Cl. The van der Waals surface area contributed by atoms with Crippen molar-refractivity contribution in [2.45, 2.75) is 76.1 Å². The molecule has 0 spiro atoms. The molecule has 1 aliphatic heterocycles. The van der Waals surface area contributed by atoms with Gasteiger partial charge in [-0.25, -0.2) is 4.98 Å². The predicted octanol–water partition coefficient (Wildman–Crippen LogP) is 5.62. The number of nitrogens with zero attached hydrogens (tertiary/aromatic N) is 3. The fourth-order valence-corrected chi connectivity index (χ4v) is 6.46. The first-order chi connectivity index (χ1) is 24.5. The number of rotatable bonds is 15. The topological polar surface area (TPSA) is 149 Å². The van der Waals surface area contributed by atoms with Crippen LogP contribution in [0.4, 0.5) is 5.82 Å². The van der Waals surface area contributed by atoms with E-state index in [0.29, 0.717) is 32.4 Å². The van der Waals surface area contributed by atoms with Gasteiger partial charge in [0.2, 0.25) is 11.8 Å². The molecule has 4 N–H and O–H groups in total. The van der Waals surface area contributed by atoms with Crippen molar-refractivity contribution in [3.63, 3.8) is 0 Å². The second-order valence-electron chi connectivity index (χ2n) is 13.7. The number of aromatic nitrogens is 2. The zero-order valence-electron chi connectivity index (χ0n) is 30.4. The Morgan fingerprint density at radius 1 is 0.906 bits per heavy atom. The molecular weight excluding hydrogens is 715 g/mol. The number of hydrogen-bond acceptors (Lipinski definition) is 7. The number of nitrogens with one attached hydrogen (secondary N) is 2. The van der Waals surface area contributed by atoms with Gasteiger partial charge < -0.3 is 30.6 Å². The lowest BCUT2D eigenvalue weighted by Gasteiger charge is -2.42. The van der Waals surface area contributed by atoms with Crippen LogP contribution in [0.25, 0.3) is 0 Å². The van der Waals surface area contributed by atoms with Gasteiger partial charge >= 0.3 is 0 Å². The number of likely N-dealkylation sites (tertiary alicyclic amines) is 1. The highest BCUT2D eigenvalue weighted by molar-refractivity contribution is 5.98. The van der Waals surface area contributed by atoms with Crippen LogP contribution in [0.5, 0.6) is 0 Å². The van der Waals surface area contributed by atoms with Crippen molar-refractivity contribution in [2.24, 2.45) is 5.73 Å². The van der Waals surface area contributed by atoms with Crippen molar-refractivity contribution in [2.75, 3.05) is 25.0 Å². The minimum atomic E-state index is -1.22. The standard InChI is InChI=1S/C40H48N6O5.2ClH/c1-4-14-33(47)40(31-19-12-7-13-20-31)21-23-45(24-22-40)37(49)35(30-17-10-6-11-18-30)46-25-34(42-28-46)44-36(48)32(43-38(50)39(2,3)41)27-51-26-29-15-8-5-9-16-29;;/h5-13,15-20,25,28,32,35H,4,14,21-24,26-27,41H2,1-3H3,(H,43,50)(H,44,48);2*1H/t32-,35?;;/m1../s1. The summed E-state index contributed by atoms with van der Waals surface area (Å²) >= 11 is 0. The number of ketones is 1. The van der Waals surface area contributed by atoms with Gasteiger partial charge in [0, 0.05) is 25.7 Å². The van der Waals surface area contributed by atoms with Gasteiger partial charge in [0.25, 0.3) is 5.91 Å². The first kappa shape index (κ1) is 42.9. The van der Waals surface area contributed by atoms with Crippen LogP contribution in [0.1, 0.15) is 69.2 Å². The van der Waals surface area contributed by atoms with Gasteiger partial charge in [-0.15, -0.1) is 24.8 Å². The summed E-state index contributed by atoms with van der Waals surface area (Å²) in [7, 11) is 0. The van der Waals surface area contributed by atoms with Crippen LogP contribution in [0.3, 0.4) is 0 Å². The molecule has 3 amide bonds. The van der Waals surface area contributed by atoms with Crippen LogP contribution in [0.2, 0.25) is 0 Å². The second kappa shape index (κ2) is 19.5. The Balaban J connectivity index is 0.00000378. The van der Waals surface area contributed by atoms with Crippen LogP contribution in [0.15, 0.2) is 104 Å². The molecule has 0 radical (unpaired) electrons. The maximum atomic E-state index is 14.4. The van der Waals surface area contributed by atoms with Crippen molar-refractivity contribution >= 4 is 54.1 Å². The van der Waals surface area contributed by atoms with E-state index < -0.39 is 34.9 Å². The van der Waals surface area contributed by atoms with Gasteiger partial charge in [-0.3, -0.25) is 19.2 Å². The Labute approximate surface area is 323 Å². The molecule has 0 bridgehead atoms. The summed E-state index contributed by atoms with van der Waals surface area (Å²) in [5.41, 5.74) is 6.83. The maximum Gasteiger partial charge on any atom is 0.250 e. The monoisotopic (exact) mass is 764 g/mol. The Bertz CT molecular complexity index is 1780. The molecule has 0 aliphatic carbocycles. The number of amides is 3. The van der Waals surface area contributed by atoms with Gasteiger partial charge in [-0.05, 0) is 49.8 Å². The number of piperidine rings is 1. The molecule has 0 saturated carbocycles. The first-order valence-corrected chi connectivity index (χ1v) is 17.5. The maximum absolute atomic E-state index is 14.4. The fraction of sp³-hybridized carbons (Fsp3) is 0.375. The number of benzene rings is 3. The summed E-state index contributed by atoms with van der Waals surface area (Å²) in [6.07, 6.45) is 5.45. The third-order valence-electron chi connectivity index (χ3n) is 9.37. The molecule has 1 fully saturated rings. The summed E-state index contributed by atoms with van der Waals surface area (Å²) in [6, 6.07) is 27.0. The van der Waals surface area contributed by atoms with Crippen molar-refractivity contribution in [1.29, 1.82) is 0 Å². The minimum absolute atomic E-state index is 0. The Morgan fingerprint density at radius 3 is 2.08 bits per heavy atom. The normalized spacial score (nSPS) is 14.8. The molecule has 1 unspecified atom stereocenters. The lowest BCUT2D eigenvalue weighted by Crippen LogP contribution is -2.56. The Hall–Kier alpha value is -4.55. The second-order valence-corrected chi connectivity index (χ2v) is 13.7. The molecule has 2 atom stereocenters. The van der Waals surface area contributed by atoms with E-state index in [0.717, 1.165) is 23.1 Å². The summed E-state index contributed by atoms with van der Waals surface area (Å²) in [4.78, 5) is 60.5. The van der Waals surface area contributed by atoms with Crippen LogP contribution >= 0.6 is 24.8 Å². The number of carbonyl (C=O) groups is 4. The van der Waals surface area contributed by atoms with Crippen molar-refractivity contribution in [3.8, 4) is 0 Å². The molecule has 2 heterocycles. The van der Waals surface area contributed by atoms with Gasteiger partial charge in [-0.2, -0.15) is 0 Å². The van der Waals surface area contributed by atoms with Crippen molar-refractivity contribution < 1.29 is 23.9 Å². The zero-order chi connectivity index (χ0) is 36.4. The molecule has 53 heavy (non-hydrogen) atoms. The molecule has 4 aromatic rings.